The largest absolute Gasteiger partial charge is 0.400 e. The summed E-state index contributed by atoms with van der Waals surface area (Å²) in [5, 5.41) is 9.67. The van der Waals surface area contributed by atoms with E-state index >= 15 is 0 Å². The van der Waals surface area contributed by atoms with Gasteiger partial charge in [-0.3, -0.25) is 0 Å². The molecule has 0 aromatic carbocycles. The lowest BCUT2D eigenvalue weighted by Gasteiger charge is -2.24. The molecule has 0 spiro atoms. The summed E-state index contributed by atoms with van der Waals surface area (Å²) in [6, 6.07) is 0. The highest BCUT2D eigenvalue weighted by atomic mass is 16.2. The molecule has 2 rings (SSSR count). The van der Waals surface area contributed by atoms with Crippen LogP contribution in [0.25, 0.3) is 12.2 Å². The van der Waals surface area contributed by atoms with Crippen molar-refractivity contribution in [3.05, 3.63) is 34.5 Å². The molecule has 1 aromatic heterocycles. The maximum atomic E-state index is 7.00. The van der Waals surface area contributed by atoms with E-state index in [-0.39, 0.29) is 0 Å². The SMILES string of the molecule is C/C=c1/c(C2CCC2)c[nH]/c1=C/C=C/CC.CO. The molecule has 0 bridgehead atoms. The smallest absolute Gasteiger partial charge is 0.0453 e. The molecular weight excluding hydrogens is 222 g/mol. The van der Waals surface area contributed by atoms with Crippen LogP contribution >= 0.6 is 0 Å². The average Bonchev–Trinajstić information content (AvgIpc) is 2.73. The standard InChI is InChI=1S/C15H21N.CH4O/c1-3-5-6-10-15-13(4-2)14(11-16-15)12-8-7-9-12;1-2/h4-6,10-12,16H,3,7-9H2,1-2H3;2H,1H3/b6-5+,13-4-,15-10+;. The van der Waals surface area contributed by atoms with E-state index in [0.29, 0.717) is 0 Å². The summed E-state index contributed by atoms with van der Waals surface area (Å²) >= 11 is 0. The lowest BCUT2D eigenvalue weighted by Crippen LogP contribution is -2.27. The third kappa shape index (κ3) is 3.36. The molecule has 2 N–H and O–H groups in total. The maximum Gasteiger partial charge on any atom is 0.0453 e. The molecular formula is C16H25NO. The Kier molecular flexibility index (Phi) is 6.51. The van der Waals surface area contributed by atoms with Crippen LogP contribution in [-0.4, -0.2) is 17.2 Å². The second kappa shape index (κ2) is 7.93. The van der Waals surface area contributed by atoms with E-state index in [1.54, 1.807) is 0 Å². The van der Waals surface area contributed by atoms with Crippen LogP contribution in [0.4, 0.5) is 0 Å². The van der Waals surface area contributed by atoms with Crippen molar-refractivity contribution in [3.8, 4) is 0 Å². The Morgan fingerprint density at radius 1 is 1.39 bits per heavy atom. The van der Waals surface area contributed by atoms with Gasteiger partial charge >= 0.3 is 0 Å². The molecule has 100 valence electrons. The number of aromatic nitrogens is 1. The Balaban J connectivity index is 0.000000771. The van der Waals surface area contributed by atoms with Crippen molar-refractivity contribution in [2.24, 2.45) is 0 Å². The van der Waals surface area contributed by atoms with E-state index in [1.165, 1.54) is 35.4 Å². The Labute approximate surface area is 110 Å². The van der Waals surface area contributed by atoms with Gasteiger partial charge in [-0.1, -0.05) is 31.6 Å². The second-order valence-electron chi connectivity index (χ2n) is 4.49. The van der Waals surface area contributed by atoms with Crippen molar-refractivity contribution in [2.75, 3.05) is 7.11 Å². The molecule has 0 saturated heterocycles. The number of allylic oxidation sites excluding steroid dienone is 2. The fourth-order valence-corrected chi connectivity index (χ4v) is 2.28. The third-order valence-corrected chi connectivity index (χ3v) is 3.45. The van der Waals surface area contributed by atoms with Crippen LogP contribution in [0.3, 0.4) is 0 Å². The van der Waals surface area contributed by atoms with E-state index in [1.807, 2.05) is 0 Å². The molecule has 0 aliphatic heterocycles. The zero-order valence-corrected chi connectivity index (χ0v) is 11.7. The van der Waals surface area contributed by atoms with Crippen LogP contribution in [0.15, 0.2) is 18.3 Å². The molecule has 0 atom stereocenters. The van der Waals surface area contributed by atoms with Gasteiger partial charge < -0.3 is 10.1 Å². The number of aromatic amines is 1. The van der Waals surface area contributed by atoms with E-state index in [0.717, 1.165) is 19.4 Å². The third-order valence-electron chi connectivity index (χ3n) is 3.45. The van der Waals surface area contributed by atoms with Crippen molar-refractivity contribution in [2.45, 2.75) is 45.4 Å². The molecule has 1 aromatic rings. The number of rotatable bonds is 3. The van der Waals surface area contributed by atoms with Crippen molar-refractivity contribution in [1.29, 1.82) is 0 Å². The number of nitrogens with one attached hydrogen (secondary N) is 1. The molecule has 1 aliphatic carbocycles. The van der Waals surface area contributed by atoms with Gasteiger partial charge in [-0.25, -0.2) is 0 Å². The van der Waals surface area contributed by atoms with Crippen LogP contribution in [0, 0.1) is 0 Å². The first-order valence-electron chi connectivity index (χ1n) is 6.82. The van der Waals surface area contributed by atoms with Gasteiger partial charge in [0.15, 0.2) is 0 Å². The number of aliphatic hydroxyl groups excluding tert-OH is 1. The molecule has 0 amide bonds. The number of aliphatic hydroxyl groups is 1. The van der Waals surface area contributed by atoms with Crippen LogP contribution in [0.5, 0.6) is 0 Å². The summed E-state index contributed by atoms with van der Waals surface area (Å²) in [5.41, 5.74) is 1.52. The monoisotopic (exact) mass is 247 g/mol. The Bertz CT molecular complexity index is 478. The summed E-state index contributed by atoms with van der Waals surface area (Å²) in [7, 11) is 1.00. The first-order valence-corrected chi connectivity index (χ1v) is 6.82. The van der Waals surface area contributed by atoms with Crippen molar-refractivity contribution >= 4 is 12.2 Å². The van der Waals surface area contributed by atoms with Crippen LogP contribution in [-0.2, 0) is 0 Å². The summed E-state index contributed by atoms with van der Waals surface area (Å²) < 4.78 is 0. The van der Waals surface area contributed by atoms with Gasteiger partial charge in [0.2, 0.25) is 0 Å². The summed E-state index contributed by atoms with van der Waals surface area (Å²) in [6.07, 6.45) is 16.2. The van der Waals surface area contributed by atoms with Crippen LogP contribution < -0.4 is 10.6 Å². The predicted octanol–water partition coefficient (Wildman–Crippen LogP) is 2.44. The number of H-pyrrole nitrogens is 1. The summed E-state index contributed by atoms with van der Waals surface area (Å²) in [4.78, 5) is 3.40. The fraction of sp³-hybridized carbons (Fsp3) is 0.500. The topological polar surface area (TPSA) is 36.0 Å². The molecule has 0 radical (unpaired) electrons. The molecule has 1 heterocycles. The lowest BCUT2D eigenvalue weighted by molar-refractivity contribution is 0.399. The normalized spacial score (nSPS) is 17.8. The molecule has 1 saturated carbocycles. The highest BCUT2D eigenvalue weighted by Crippen LogP contribution is 2.33. The molecule has 18 heavy (non-hydrogen) atoms. The van der Waals surface area contributed by atoms with Gasteiger partial charge in [0, 0.05) is 18.7 Å². The quantitative estimate of drug-likeness (QED) is 0.845. The van der Waals surface area contributed by atoms with E-state index in [2.05, 4.69) is 49.3 Å². The number of hydrogen-bond acceptors (Lipinski definition) is 1. The van der Waals surface area contributed by atoms with Crippen molar-refractivity contribution < 1.29 is 5.11 Å². The minimum absolute atomic E-state index is 0.805. The van der Waals surface area contributed by atoms with Gasteiger partial charge in [0.05, 0.1) is 0 Å². The van der Waals surface area contributed by atoms with E-state index in [9.17, 15) is 0 Å². The predicted molar refractivity (Wildman–Crippen MR) is 78.8 cm³/mol. The fourth-order valence-electron chi connectivity index (χ4n) is 2.28. The first kappa shape index (κ1) is 14.8. The molecule has 0 unspecified atom stereocenters. The molecule has 2 heteroatoms. The zero-order valence-electron chi connectivity index (χ0n) is 11.7. The Morgan fingerprint density at radius 3 is 2.61 bits per heavy atom. The highest BCUT2D eigenvalue weighted by Gasteiger charge is 2.20. The summed E-state index contributed by atoms with van der Waals surface area (Å²) in [6.45, 7) is 4.29. The maximum absolute atomic E-state index is 7.00. The van der Waals surface area contributed by atoms with Crippen LogP contribution in [0.2, 0.25) is 0 Å². The van der Waals surface area contributed by atoms with E-state index < -0.39 is 0 Å². The minimum Gasteiger partial charge on any atom is -0.400 e. The van der Waals surface area contributed by atoms with Gasteiger partial charge in [-0.05, 0) is 49.0 Å². The van der Waals surface area contributed by atoms with Crippen molar-refractivity contribution in [3.63, 3.8) is 0 Å². The van der Waals surface area contributed by atoms with E-state index in [4.69, 9.17) is 5.11 Å². The van der Waals surface area contributed by atoms with Crippen molar-refractivity contribution in [1.82, 2.24) is 4.98 Å². The second-order valence-corrected chi connectivity index (χ2v) is 4.49. The minimum atomic E-state index is 0.805. The van der Waals surface area contributed by atoms with Crippen LogP contribution in [0.1, 0.15) is 51.0 Å². The Hall–Kier alpha value is -1.28. The molecule has 1 fully saturated rings. The zero-order chi connectivity index (χ0) is 13.4. The number of hydrogen-bond donors (Lipinski definition) is 2. The van der Waals surface area contributed by atoms with Gasteiger partial charge in [0.25, 0.3) is 0 Å². The Morgan fingerprint density at radius 2 is 2.11 bits per heavy atom. The first-order chi connectivity index (χ1) is 8.86. The van der Waals surface area contributed by atoms with Gasteiger partial charge in [-0.2, -0.15) is 0 Å². The van der Waals surface area contributed by atoms with Gasteiger partial charge in [0.1, 0.15) is 0 Å². The lowest BCUT2D eigenvalue weighted by atomic mass is 9.80. The average molecular weight is 247 g/mol. The molecule has 2 nitrogen and oxygen atoms in total. The van der Waals surface area contributed by atoms with Gasteiger partial charge in [-0.15, -0.1) is 0 Å². The summed E-state index contributed by atoms with van der Waals surface area (Å²) in [5.74, 6) is 0.805. The highest BCUT2D eigenvalue weighted by molar-refractivity contribution is 5.40. The molecule has 1 aliphatic rings.